The molecule has 0 atom stereocenters. The normalized spacial score (nSPS) is 15.4. The lowest BCUT2D eigenvalue weighted by Gasteiger charge is -2.14. The van der Waals surface area contributed by atoms with Gasteiger partial charge in [-0.25, -0.2) is 9.98 Å². The first-order valence-corrected chi connectivity index (χ1v) is 16.7. The molecule has 0 bridgehead atoms. The molecular formula is C40H29ClN2S2. The molecule has 0 radical (unpaired) electrons. The van der Waals surface area contributed by atoms with Gasteiger partial charge in [-0.1, -0.05) is 116 Å². The Balaban J connectivity index is 1.21. The smallest absolute Gasteiger partial charge is 0.122 e. The molecule has 0 unspecified atom stereocenters. The third-order valence-electron chi connectivity index (χ3n) is 8.16. The van der Waals surface area contributed by atoms with Gasteiger partial charge in [-0.2, -0.15) is 0 Å². The van der Waals surface area contributed by atoms with Crippen LogP contribution in [0.2, 0.25) is 0 Å². The summed E-state index contributed by atoms with van der Waals surface area (Å²) in [6, 6.07) is 32.0. The number of hydrogen-bond acceptors (Lipinski definition) is 4. The third kappa shape index (κ3) is 5.57. The zero-order valence-corrected chi connectivity index (χ0v) is 27.4. The van der Waals surface area contributed by atoms with E-state index < -0.39 is 0 Å². The number of allylic oxidation sites excluding steroid dienone is 6. The van der Waals surface area contributed by atoms with Crippen molar-refractivity contribution in [3.05, 3.63) is 166 Å². The van der Waals surface area contributed by atoms with Crippen LogP contribution in [0.1, 0.15) is 34.1 Å². The third-order valence-corrected chi connectivity index (χ3v) is 10.7. The van der Waals surface area contributed by atoms with Gasteiger partial charge in [0.1, 0.15) is 5.16 Å². The monoisotopic (exact) mass is 636 g/mol. The fraction of sp³-hybridized carbons (Fsp3) is 0.0500. The fourth-order valence-corrected chi connectivity index (χ4v) is 8.26. The maximum atomic E-state index is 6.24. The molecule has 7 rings (SSSR count). The van der Waals surface area contributed by atoms with Gasteiger partial charge in [0.25, 0.3) is 0 Å². The second kappa shape index (κ2) is 12.1. The molecule has 0 N–H and O–H groups in total. The fourth-order valence-electron chi connectivity index (χ4n) is 5.81. The van der Waals surface area contributed by atoms with Crippen LogP contribution in [0.5, 0.6) is 0 Å². The van der Waals surface area contributed by atoms with Gasteiger partial charge in [-0.15, -0.1) is 22.7 Å². The first-order chi connectivity index (χ1) is 21.9. The highest BCUT2D eigenvalue weighted by Gasteiger charge is 2.17. The molecule has 0 fully saturated rings. The van der Waals surface area contributed by atoms with Crippen molar-refractivity contribution in [1.29, 1.82) is 0 Å². The number of thiophene rings is 2. The van der Waals surface area contributed by atoms with Gasteiger partial charge in [0.2, 0.25) is 0 Å². The minimum atomic E-state index is 0.260. The molecule has 1 aliphatic rings. The number of benzene rings is 4. The zero-order chi connectivity index (χ0) is 31.1. The summed E-state index contributed by atoms with van der Waals surface area (Å²) in [7, 11) is 0. The second-order valence-electron chi connectivity index (χ2n) is 11.0. The highest BCUT2D eigenvalue weighted by molar-refractivity contribution is 7.25. The lowest BCUT2D eigenvalue weighted by Crippen LogP contribution is -2.05. The number of hydrogen-bond donors (Lipinski definition) is 0. The van der Waals surface area contributed by atoms with Gasteiger partial charge in [0.15, 0.2) is 0 Å². The molecule has 0 spiro atoms. The molecule has 0 saturated heterocycles. The van der Waals surface area contributed by atoms with Crippen LogP contribution in [-0.4, -0.2) is 11.4 Å². The van der Waals surface area contributed by atoms with Crippen LogP contribution >= 0.6 is 34.3 Å². The minimum absolute atomic E-state index is 0.260. The van der Waals surface area contributed by atoms with Crippen LogP contribution in [0, 0.1) is 6.92 Å². The van der Waals surface area contributed by atoms with E-state index in [0.29, 0.717) is 0 Å². The summed E-state index contributed by atoms with van der Waals surface area (Å²) >= 11 is 9.77. The van der Waals surface area contributed by atoms with E-state index >= 15 is 0 Å². The zero-order valence-electron chi connectivity index (χ0n) is 25.0. The summed E-state index contributed by atoms with van der Waals surface area (Å²) in [5.74, 6) is 0. The highest BCUT2D eigenvalue weighted by Crippen LogP contribution is 2.36. The van der Waals surface area contributed by atoms with Gasteiger partial charge >= 0.3 is 0 Å². The summed E-state index contributed by atoms with van der Waals surface area (Å²) in [5, 5.41) is 4.05. The van der Waals surface area contributed by atoms with Gasteiger partial charge < -0.3 is 0 Å². The molecule has 2 nitrogen and oxygen atoms in total. The Morgan fingerprint density at radius 3 is 2.04 bits per heavy atom. The Hall–Kier alpha value is -4.61. The van der Waals surface area contributed by atoms with Gasteiger partial charge in [0, 0.05) is 41.6 Å². The van der Waals surface area contributed by atoms with E-state index in [4.69, 9.17) is 16.6 Å². The summed E-state index contributed by atoms with van der Waals surface area (Å²) in [6.45, 7) is 12.5. The van der Waals surface area contributed by atoms with Crippen LogP contribution in [-0.2, 0) is 0 Å². The number of rotatable bonds is 6. The lowest BCUT2D eigenvalue weighted by atomic mass is 9.93. The van der Waals surface area contributed by atoms with Crippen molar-refractivity contribution in [2.45, 2.75) is 13.8 Å². The number of aliphatic imine (C=N–C) groups is 2. The molecule has 45 heavy (non-hydrogen) atoms. The minimum Gasteiger partial charge on any atom is -0.248 e. The van der Waals surface area contributed by atoms with E-state index in [1.165, 1.54) is 35.8 Å². The van der Waals surface area contributed by atoms with E-state index in [0.717, 1.165) is 49.8 Å². The molecule has 218 valence electrons. The van der Waals surface area contributed by atoms with E-state index in [2.05, 4.69) is 141 Å². The molecular weight excluding hydrogens is 608 g/mol. The van der Waals surface area contributed by atoms with Crippen LogP contribution < -0.4 is 0 Å². The second-order valence-corrected chi connectivity index (χ2v) is 13.5. The molecule has 0 saturated carbocycles. The van der Waals surface area contributed by atoms with Crippen LogP contribution in [0.3, 0.4) is 0 Å². The van der Waals surface area contributed by atoms with Crippen LogP contribution in [0.4, 0.5) is 0 Å². The summed E-state index contributed by atoms with van der Waals surface area (Å²) < 4.78 is 3.76. The predicted molar refractivity (Wildman–Crippen MR) is 200 cm³/mol. The van der Waals surface area contributed by atoms with Gasteiger partial charge in [0.05, 0.1) is 22.0 Å². The van der Waals surface area contributed by atoms with E-state index in [1.54, 1.807) is 22.7 Å². The highest BCUT2D eigenvalue weighted by atomic mass is 35.5. The molecule has 2 heterocycles. The predicted octanol–water partition coefficient (Wildman–Crippen LogP) is 12.1. The number of aryl methyl sites for hydroxylation is 1. The number of fused-ring (bicyclic) bond motifs is 4. The van der Waals surface area contributed by atoms with Crippen LogP contribution in [0.15, 0.2) is 149 Å². The summed E-state index contributed by atoms with van der Waals surface area (Å²) in [5.41, 5.74) is 8.98. The lowest BCUT2D eigenvalue weighted by molar-refractivity contribution is 1.46. The quantitative estimate of drug-likeness (QED) is 0.128. The Bertz CT molecular complexity index is 2320. The van der Waals surface area contributed by atoms with E-state index in [1.807, 2.05) is 6.08 Å². The maximum absolute atomic E-state index is 6.24. The van der Waals surface area contributed by atoms with Gasteiger partial charge in [-0.3, -0.25) is 0 Å². The summed E-state index contributed by atoms with van der Waals surface area (Å²) in [4.78, 5) is 10.8. The molecule has 4 aromatic carbocycles. The molecule has 1 aliphatic carbocycles. The Morgan fingerprint density at radius 1 is 0.689 bits per heavy atom. The first kappa shape index (κ1) is 29.1. The summed E-state index contributed by atoms with van der Waals surface area (Å²) in [6.07, 6.45) is 8.25. The van der Waals surface area contributed by atoms with Crippen molar-refractivity contribution in [2.75, 3.05) is 0 Å². The Morgan fingerprint density at radius 2 is 1.31 bits per heavy atom. The largest absolute Gasteiger partial charge is 0.248 e. The molecule has 6 aromatic rings. The molecule has 5 heteroatoms. The average molecular weight is 637 g/mol. The molecule has 2 aromatic heterocycles. The van der Waals surface area contributed by atoms with Crippen LogP contribution in [0.25, 0.3) is 41.5 Å². The van der Waals surface area contributed by atoms with Gasteiger partial charge in [-0.05, 0) is 60.2 Å². The molecule has 0 aliphatic heterocycles. The first-order valence-electron chi connectivity index (χ1n) is 14.6. The standard InChI is InChI=1S/C40H29ClN2S2/c1-24(28-17-19-29(20-18-28)39(43-27(4)41)40-25(2)32-12-6-9-15-36(32)45-40)31-11-5-8-14-35(31)42-26(3)30-21-22-34-33-13-7-10-16-37(33)44-38(34)23-30/h5-23H,3-4H2,1-2H3/b31-24+,42-35?,43-39-. The number of halogens is 1. The Labute approximate surface area is 276 Å². The van der Waals surface area contributed by atoms with Crippen molar-refractivity contribution in [1.82, 2.24) is 0 Å². The maximum Gasteiger partial charge on any atom is 0.122 e. The van der Waals surface area contributed by atoms with Crippen molar-refractivity contribution >= 4 is 87.2 Å². The van der Waals surface area contributed by atoms with E-state index in [9.17, 15) is 0 Å². The Kier molecular flexibility index (Phi) is 7.80. The van der Waals surface area contributed by atoms with Crippen molar-refractivity contribution in [2.24, 2.45) is 9.98 Å². The average Bonchev–Trinajstić information content (AvgIpc) is 3.60. The SMILES string of the molecule is C=C(Cl)/N=C(/c1ccc(/C(C)=C2\C=CC=CC2=NC(=C)c2ccc3c(c2)sc2ccccc23)cc1)c1sc2ccccc2c1C. The van der Waals surface area contributed by atoms with E-state index in [-0.39, 0.29) is 5.16 Å². The molecule has 0 amide bonds. The number of nitrogens with zero attached hydrogens (tertiary/aromatic N) is 2. The topological polar surface area (TPSA) is 24.7 Å². The van der Waals surface area contributed by atoms with Crippen molar-refractivity contribution in [3.63, 3.8) is 0 Å². The van der Waals surface area contributed by atoms with Crippen molar-refractivity contribution in [3.8, 4) is 0 Å². The van der Waals surface area contributed by atoms with Crippen molar-refractivity contribution < 1.29 is 0 Å².